The van der Waals surface area contributed by atoms with Crippen molar-refractivity contribution in [3.8, 4) is 17.9 Å². The molecule has 0 aliphatic rings. The van der Waals surface area contributed by atoms with Gasteiger partial charge >= 0.3 is 0 Å². The largest absolute Gasteiger partial charge is 0.206 e. The lowest BCUT2D eigenvalue weighted by Gasteiger charge is -1.97. The Bertz CT molecular complexity index is 542. The molecule has 1 aromatic carbocycles. The van der Waals surface area contributed by atoms with E-state index in [0.717, 1.165) is 0 Å². The number of hydrogen-bond donors (Lipinski definition) is 0. The van der Waals surface area contributed by atoms with Gasteiger partial charge < -0.3 is 0 Å². The van der Waals surface area contributed by atoms with Gasteiger partial charge in [-0.3, -0.25) is 0 Å². The minimum atomic E-state index is -0.436. The molecule has 0 atom stereocenters. The number of rotatable bonds is 3. The number of benzene rings is 1. The van der Waals surface area contributed by atoms with Crippen molar-refractivity contribution in [2.45, 2.75) is 12.8 Å². The van der Waals surface area contributed by atoms with Crippen LogP contribution in [0.1, 0.15) is 17.5 Å². The summed E-state index contributed by atoms with van der Waals surface area (Å²) in [5, 5.41) is 11.8. The Morgan fingerprint density at radius 1 is 1.47 bits per heavy atom. The van der Waals surface area contributed by atoms with Gasteiger partial charge in [0, 0.05) is 17.9 Å². The summed E-state index contributed by atoms with van der Waals surface area (Å²) >= 11 is 0. The first-order chi connectivity index (χ1) is 8.27. The number of nitriles is 1. The molecule has 0 aromatic heterocycles. The van der Waals surface area contributed by atoms with Crippen molar-refractivity contribution in [3.05, 3.63) is 45.6 Å². The number of azide groups is 1. The predicted octanol–water partition coefficient (Wildman–Crippen LogP) is 2.94. The molecule has 0 radical (unpaired) electrons. The molecule has 4 nitrogen and oxygen atoms in total. The molecular formula is C12H9FN4. The second kappa shape index (κ2) is 6.90. The Hall–Kier alpha value is -2.49. The number of hydrogen-bond acceptors (Lipinski definition) is 2. The first-order valence-corrected chi connectivity index (χ1v) is 4.93. The highest BCUT2D eigenvalue weighted by Gasteiger charge is 2.00. The average Bonchev–Trinajstić information content (AvgIpc) is 2.32. The van der Waals surface area contributed by atoms with Crippen LogP contribution in [0.5, 0.6) is 0 Å². The summed E-state index contributed by atoms with van der Waals surface area (Å²) in [6.45, 7) is 0.275. The Labute approximate surface area is 98.3 Å². The topological polar surface area (TPSA) is 72.5 Å². The molecule has 0 unspecified atom stereocenters. The molecule has 0 fully saturated rings. The maximum Gasteiger partial charge on any atom is 0.139 e. The van der Waals surface area contributed by atoms with Crippen molar-refractivity contribution in [2.24, 2.45) is 5.11 Å². The van der Waals surface area contributed by atoms with Gasteiger partial charge in [0.25, 0.3) is 0 Å². The van der Waals surface area contributed by atoms with Crippen LogP contribution < -0.4 is 0 Å². The van der Waals surface area contributed by atoms with Gasteiger partial charge in [-0.1, -0.05) is 23.0 Å². The van der Waals surface area contributed by atoms with Crippen LogP contribution in [0.4, 0.5) is 4.39 Å². The molecule has 0 aliphatic carbocycles. The Morgan fingerprint density at radius 2 is 2.29 bits per heavy atom. The molecular weight excluding hydrogens is 219 g/mol. The van der Waals surface area contributed by atoms with Gasteiger partial charge in [0.15, 0.2) is 0 Å². The summed E-state index contributed by atoms with van der Waals surface area (Å²) in [7, 11) is 0. The van der Waals surface area contributed by atoms with Crippen molar-refractivity contribution < 1.29 is 4.39 Å². The van der Waals surface area contributed by atoms with Crippen LogP contribution in [0.2, 0.25) is 0 Å². The van der Waals surface area contributed by atoms with E-state index in [9.17, 15) is 4.39 Å². The lowest BCUT2D eigenvalue weighted by atomic mass is 10.1. The van der Waals surface area contributed by atoms with Gasteiger partial charge in [0.1, 0.15) is 5.82 Å². The SMILES string of the molecule is N#CCc1ccc(C#CCCN=[N+]=[N-])c(F)c1. The van der Waals surface area contributed by atoms with Gasteiger partial charge in [-0.05, 0) is 23.2 Å². The zero-order valence-electron chi connectivity index (χ0n) is 9.02. The van der Waals surface area contributed by atoms with Crippen molar-refractivity contribution in [3.63, 3.8) is 0 Å². The van der Waals surface area contributed by atoms with Gasteiger partial charge in [-0.2, -0.15) is 5.26 Å². The monoisotopic (exact) mass is 228 g/mol. The van der Waals surface area contributed by atoms with Gasteiger partial charge in [-0.15, -0.1) is 0 Å². The van der Waals surface area contributed by atoms with Gasteiger partial charge in [0.05, 0.1) is 18.1 Å². The molecule has 0 spiro atoms. The van der Waals surface area contributed by atoms with Crippen molar-refractivity contribution >= 4 is 0 Å². The molecule has 0 amide bonds. The van der Waals surface area contributed by atoms with E-state index >= 15 is 0 Å². The normalized spacial score (nSPS) is 8.47. The van der Waals surface area contributed by atoms with Crippen molar-refractivity contribution in [2.75, 3.05) is 6.54 Å². The zero-order chi connectivity index (χ0) is 12.5. The van der Waals surface area contributed by atoms with Gasteiger partial charge in [-0.25, -0.2) is 4.39 Å². The smallest absolute Gasteiger partial charge is 0.139 e. The Morgan fingerprint density at radius 3 is 2.94 bits per heavy atom. The second-order valence-electron chi connectivity index (χ2n) is 3.16. The molecule has 0 bridgehead atoms. The van der Waals surface area contributed by atoms with E-state index in [2.05, 4.69) is 21.9 Å². The summed E-state index contributed by atoms with van der Waals surface area (Å²) in [5.74, 6) is 4.92. The van der Waals surface area contributed by atoms with E-state index in [1.54, 1.807) is 12.1 Å². The lowest BCUT2D eigenvalue weighted by Crippen LogP contribution is -1.88. The Balaban J connectivity index is 2.72. The highest BCUT2D eigenvalue weighted by Crippen LogP contribution is 2.09. The summed E-state index contributed by atoms with van der Waals surface area (Å²) in [6, 6.07) is 6.47. The molecule has 1 aromatic rings. The van der Waals surface area contributed by atoms with Crippen LogP contribution in [0.3, 0.4) is 0 Å². The first-order valence-electron chi connectivity index (χ1n) is 4.93. The van der Waals surface area contributed by atoms with E-state index in [4.69, 9.17) is 10.8 Å². The van der Waals surface area contributed by atoms with Crippen LogP contribution in [-0.2, 0) is 6.42 Å². The minimum Gasteiger partial charge on any atom is -0.206 e. The maximum atomic E-state index is 13.5. The van der Waals surface area contributed by atoms with Gasteiger partial charge in [0.2, 0.25) is 0 Å². The van der Waals surface area contributed by atoms with Crippen LogP contribution in [0.25, 0.3) is 10.4 Å². The van der Waals surface area contributed by atoms with Crippen LogP contribution in [0.15, 0.2) is 23.3 Å². The molecule has 0 heterocycles. The van der Waals surface area contributed by atoms with E-state index in [0.29, 0.717) is 12.0 Å². The summed E-state index contributed by atoms with van der Waals surface area (Å²) in [4.78, 5) is 2.58. The predicted molar refractivity (Wildman–Crippen MR) is 61.2 cm³/mol. The van der Waals surface area contributed by atoms with E-state index in [1.165, 1.54) is 6.07 Å². The van der Waals surface area contributed by atoms with E-state index in [1.807, 2.05) is 6.07 Å². The summed E-state index contributed by atoms with van der Waals surface area (Å²) in [5.41, 5.74) is 8.95. The molecule has 0 saturated carbocycles. The number of halogens is 1. The fraction of sp³-hybridized carbons (Fsp3) is 0.250. The van der Waals surface area contributed by atoms with Crippen molar-refractivity contribution in [1.29, 1.82) is 5.26 Å². The third-order valence-electron chi connectivity index (χ3n) is 1.94. The quantitative estimate of drug-likeness (QED) is 0.258. The molecule has 0 saturated heterocycles. The van der Waals surface area contributed by atoms with Crippen LogP contribution in [-0.4, -0.2) is 6.54 Å². The highest BCUT2D eigenvalue weighted by atomic mass is 19.1. The first kappa shape index (κ1) is 12.6. The Kier molecular flexibility index (Phi) is 5.10. The molecule has 17 heavy (non-hydrogen) atoms. The van der Waals surface area contributed by atoms with E-state index in [-0.39, 0.29) is 18.5 Å². The summed E-state index contributed by atoms with van der Waals surface area (Å²) < 4.78 is 13.5. The van der Waals surface area contributed by atoms with Crippen molar-refractivity contribution in [1.82, 2.24) is 0 Å². The highest BCUT2D eigenvalue weighted by molar-refractivity contribution is 5.38. The zero-order valence-corrected chi connectivity index (χ0v) is 9.02. The molecule has 1 rings (SSSR count). The minimum absolute atomic E-state index is 0.182. The average molecular weight is 228 g/mol. The molecule has 0 aliphatic heterocycles. The maximum absolute atomic E-state index is 13.5. The molecule has 5 heteroatoms. The molecule has 84 valence electrons. The second-order valence-corrected chi connectivity index (χ2v) is 3.16. The fourth-order valence-electron chi connectivity index (χ4n) is 1.17. The van der Waals surface area contributed by atoms with Crippen LogP contribution >= 0.6 is 0 Å². The number of nitrogens with zero attached hydrogens (tertiary/aromatic N) is 4. The third-order valence-corrected chi connectivity index (χ3v) is 1.94. The summed E-state index contributed by atoms with van der Waals surface area (Å²) in [6.07, 6.45) is 0.574. The third kappa shape index (κ3) is 4.25. The standard InChI is InChI=1S/C12H9FN4/c13-12-9-10(6-7-14)4-5-11(12)3-1-2-8-16-17-15/h4-5,9H,2,6,8H2. The van der Waals surface area contributed by atoms with Crippen LogP contribution in [0, 0.1) is 29.0 Å². The lowest BCUT2D eigenvalue weighted by molar-refractivity contribution is 0.622. The van der Waals surface area contributed by atoms with E-state index < -0.39 is 5.82 Å². The fourth-order valence-corrected chi connectivity index (χ4v) is 1.17. The molecule has 0 N–H and O–H groups in total.